The number of nitrogens with one attached hydrogen (secondary N) is 1. The third kappa shape index (κ3) is 6.02. The third-order valence-electron chi connectivity index (χ3n) is 8.40. The number of carboxylic acid groups (broad SMARTS) is 2. The Morgan fingerprint density at radius 3 is 1.97 bits per heavy atom. The number of aliphatic carboxylic acids is 2. The van der Waals surface area contributed by atoms with Crippen LogP contribution >= 0.6 is 0 Å². The van der Waals surface area contributed by atoms with Crippen molar-refractivity contribution in [3.8, 4) is 0 Å². The standard InChI is InChI=1S/C21H41B2N3O9/c1-19(31)8-5-15(7-10-23(34)35)12-21(19,18(29)30)26(24)20(17(27)28)11-14(6-9-22(32)33)3-4-16(20)13-25-2/h14-16,25,31-35H,3-13,24H2,1-2H3,(H,27,28)(H,29,30). The SMILES string of the molecule is CNCC1CCC(CCB(O)O)CC1(C(=O)O)N(N)C1(C(=O)O)CC(CCB(O)O)CCC1(C)O. The van der Waals surface area contributed by atoms with Crippen LogP contribution in [-0.4, -0.2) is 96.9 Å². The minimum atomic E-state index is -2.14. The maximum Gasteiger partial charge on any atom is 0.451 e. The van der Waals surface area contributed by atoms with Crippen LogP contribution < -0.4 is 11.2 Å². The summed E-state index contributed by atoms with van der Waals surface area (Å²) in [5, 5.41) is 73.7. The zero-order valence-corrected chi connectivity index (χ0v) is 20.6. The van der Waals surface area contributed by atoms with Crippen molar-refractivity contribution in [2.75, 3.05) is 13.6 Å². The van der Waals surface area contributed by atoms with Gasteiger partial charge in [-0.25, -0.2) is 5.01 Å². The molecule has 0 amide bonds. The maximum atomic E-state index is 13.0. The zero-order valence-electron chi connectivity index (χ0n) is 20.6. The fraction of sp³-hybridized carbons (Fsp3) is 0.905. The first-order valence-electron chi connectivity index (χ1n) is 12.4. The van der Waals surface area contributed by atoms with E-state index in [1.54, 1.807) is 7.05 Å². The zero-order chi connectivity index (χ0) is 26.6. The van der Waals surface area contributed by atoms with Crippen LogP contribution in [0.3, 0.4) is 0 Å². The molecule has 0 spiro atoms. The van der Waals surface area contributed by atoms with E-state index in [4.69, 9.17) is 5.84 Å². The summed E-state index contributed by atoms with van der Waals surface area (Å²) < 4.78 is 0. The second-order valence-corrected chi connectivity index (χ2v) is 10.7. The molecule has 2 saturated carbocycles. The molecule has 10 N–H and O–H groups in total. The molecule has 0 bridgehead atoms. The summed E-state index contributed by atoms with van der Waals surface area (Å²) in [4.78, 5) is 25.9. The number of hydrazine groups is 1. The first-order valence-corrected chi connectivity index (χ1v) is 12.4. The average Bonchev–Trinajstić information content (AvgIpc) is 2.76. The lowest BCUT2D eigenvalue weighted by Gasteiger charge is -2.59. The molecular formula is C21H41B2N3O9. The molecule has 0 aliphatic heterocycles. The topological polar surface area (TPSA) is 217 Å². The molecule has 0 aromatic heterocycles. The molecule has 14 heteroatoms. The van der Waals surface area contributed by atoms with Crippen molar-refractivity contribution in [1.82, 2.24) is 10.3 Å². The lowest BCUT2D eigenvalue weighted by molar-refractivity contribution is -0.217. The van der Waals surface area contributed by atoms with E-state index < -0.39 is 48.8 Å². The summed E-state index contributed by atoms with van der Waals surface area (Å²) in [6, 6.07) is 0. The first-order chi connectivity index (χ1) is 16.2. The Morgan fingerprint density at radius 1 is 0.971 bits per heavy atom. The van der Waals surface area contributed by atoms with Crippen molar-refractivity contribution in [3.63, 3.8) is 0 Å². The molecule has 0 heterocycles. The Balaban J connectivity index is 2.58. The van der Waals surface area contributed by atoms with Gasteiger partial charge in [-0.05, 0) is 77.0 Å². The molecule has 0 radical (unpaired) electrons. The van der Waals surface area contributed by atoms with Crippen LogP contribution in [0.5, 0.6) is 0 Å². The number of nitrogens with two attached hydrogens (primary N) is 1. The van der Waals surface area contributed by atoms with Gasteiger partial charge in [0.05, 0.1) is 5.60 Å². The highest BCUT2D eigenvalue weighted by molar-refractivity contribution is 6.41. The molecule has 12 nitrogen and oxygen atoms in total. The molecule has 6 atom stereocenters. The van der Waals surface area contributed by atoms with E-state index in [1.165, 1.54) is 6.92 Å². The second kappa shape index (κ2) is 11.9. The van der Waals surface area contributed by atoms with E-state index in [2.05, 4.69) is 5.32 Å². The first kappa shape index (κ1) is 30.0. The third-order valence-corrected chi connectivity index (χ3v) is 8.40. The lowest BCUT2D eigenvalue weighted by Crippen LogP contribution is -2.80. The van der Waals surface area contributed by atoms with Crippen molar-refractivity contribution in [1.29, 1.82) is 0 Å². The van der Waals surface area contributed by atoms with Crippen LogP contribution in [0.25, 0.3) is 0 Å². The molecule has 35 heavy (non-hydrogen) atoms. The minimum Gasteiger partial charge on any atom is -0.480 e. The predicted molar refractivity (Wildman–Crippen MR) is 129 cm³/mol. The van der Waals surface area contributed by atoms with E-state index in [-0.39, 0.29) is 56.7 Å². The van der Waals surface area contributed by atoms with E-state index in [9.17, 15) is 45.0 Å². The average molecular weight is 501 g/mol. The summed E-state index contributed by atoms with van der Waals surface area (Å²) in [7, 11) is -1.43. The van der Waals surface area contributed by atoms with E-state index in [1.807, 2.05) is 0 Å². The van der Waals surface area contributed by atoms with Gasteiger partial charge < -0.3 is 40.7 Å². The number of nitrogens with zero attached hydrogens (tertiary/aromatic N) is 1. The van der Waals surface area contributed by atoms with Crippen molar-refractivity contribution in [2.24, 2.45) is 23.6 Å². The Bertz CT molecular complexity index is 743. The van der Waals surface area contributed by atoms with Gasteiger partial charge in [0.25, 0.3) is 0 Å². The summed E-state index contributed by atoms with van der Waals surface area (Å²) in [5.41, 5.74) is -5.84. The van der Waals surface area contributed by atoms with Crippen molar-refractivity contribution in [2.45, 2.75) is 87.6 Å². The van der Waals surface area contributed by atoms with Gasteiger partial charge >= 0.3 is 26.2 Å². The highest BCUT2D eigenvalue weighted by Gasteiger charge is 2.67. The molecule has 2 fully saturated rings. The van der Waals surface area contributed by atoms with Gasteiger partial charge in [-0.15, -0.1) is 0 Å². The van der Waals surface area contributed by atoms with Gasteiger partial charge in [0.15, 0.2) is 5.54 Å². The molecule has 2 rings (SSSR count). The van der Waals surface area contributed by atoms with Gasteiger partial charge in [0, 0.05) is 12.5 Å². The number of aliphatic hydroxyl groups is 1. The lowest BCUT2D eigenvalue weighted by atomic mass is 9.59. The van der Waals surface area contributed by atoms with Gasteiger partial charge in [0.1, 0.15) is 5.54 Å². The van der Waals surface area contributed by atoms with Crippen LogP contribution in [0.1, 0.15) is 58.3 Å². The molecule has 2 aliphatic rings. The number of carbonyl (C=O) groups is 2. The van der Waals surface area contributed by atoms with Gasteiger partial charge in [0.2, 0.25) is 0 Å². The highest BCUT2D eigenvalue weighted by atomic mass is 16.4. The monoisotopic (exact) mass is 501 g/mol. The number of hydrogen-bond donors (Lipinski definition) is 9. The molecule has 200 valence electrons. The number of hydrogen-bond acceptors (Lipinski definition) is 10. The summed E-state index contributed by atoms with van der Waals surface area (Å²) in [6.07, 6.45) is 2.04. The normalized spacial score (nSPS) is 35.6. The molecule has 2 aliphatic carbocycles. The number of rotatable bonds is 12. The van der Waals surface area contributed by atoms with Gasteiger partial charge in [-0.2, -0.15) is 0 Å². The van der Waals surface area contributed by atoms with Crippen LogP contribution in [0, 0.1) is 17.8 Å². The summed E-state index contributed by atoms with van der Waals surface area (Å²) in [6.45, 7) is 1.62. The Kier molecular flexibility index (Phi) is 10.2. The van der Waals surface area contributed by atoms with Crippen LogP contribution in [0.4, 0.5) is 0 Å². The minimum absolute atomic E-state index is 0.0109. The van der Waals surface area contributed by atoms with Crippen molar-refractivity contribution in [3.05, 3.63) is 0 Å². The summed E-state index contributed by atoms with van der Waals surface area (Å²) >= 11 is 0. The molecule has 6 unspecified atom stereocenters. The van der Waals surface area contributed by atoms with E-state index in [0.29, 0.717) is 25.7 Å². The van der Waals surface area contributed by atoms with Crippen molar-refractivity contribution >= 4 is 26.2 Å². The number of carboxylic acids is 2. The molecule has 0 aromatic rings. The van der Waals surface area contributed by atoms with E-state index >= 15 is 0 Å². The second-order valence-electron chi connectivity index (χ2n) is 10.7. The van der Waals surface area contributed by atoms with Crippen molar-refractivity contribution < 1.29 is 45.0 Å². The Labute approximate surface area is 206 Å². The van der Waals surface area contributed by atoms with Gasteiger partial charge in [-0.3, -0.25) is 15.4 Å². The fourth-order valence-electron chi connectivity index (χ4n) is 6.37. The molecular weight excluding hydrogens is 460 g/mol. The summed E-state index contributed by atoms with van der Waals surface area (Å²) in [5.74, 6) is 2.75. The van der Waals surface area contributed by atoms with Crippen LogP contribution in [-0.2, 0) is 9.59 Å². The largest absolute Gasteiger partial charge is 0.480 e. The van der Waals surface area contributed by atoms with E-state index in [0.717, 1.165) is 5.01 Å². The Hall–Kier alpha value is -1.25. The highest BCUT2D eigenvalue weighted by Crippen LogP contribution is 2.51. The molecule has 0 saturated heterocycles. The fourth-order valence-corrected chi connectivity index (χ4v) is 6.37. The van der Waals surface area contributed by atoms with Gasteiger partial charge in [-0.1, -0.05) is 12.8 Å². The maximum absolute atomic E-state index is 13.0. The quantitative estimate of drug-likeness (QED) is 0.0868. The smallest absolute Gasteiger partial charge is 0.451 e. The predicted octanol–water partition coefficient (Wildman–Crippen LogP) is -1.28. The van der Waals surface area contributed by atoms with Crippen LogP contribution in [0.15, 0.2) is 0 Å². The Morgan fingerprint density at radius 2 is 1.51 bits per heavy atom. The molecule has 0 aromatic carbocycles. The van der Waals surface area contributed by atoms with Crippen LogP contribution in [0.2, 0.25) is 12.6 Å².